The fourth-order valence-electron chi connectivity index (χ4n) is 3.38. The predicted octanol–water partition coefficient (Wildman–Crippen LogP) is 1.24. The molecule has 1 aliphatic heterocycles. The summed E-state index contributed by atoms with van der Waals surface area (Å²) in [4.78, 5) is 41.7. The first-order chi connectivity index (χ1) is 14.3. The molecule has 1 unspecified atom stereocenters. The molecule has 0 spiro atoms. The van der Waals surface area contributed by atoms with Crippen molar-refractivity contribution in [2.45, 2.75) is 39.2 Å². The SMILES string of the molecule is CCCCN(C)C(=O)C(Cc1ccc(O)cc1)N1CN(C(=O)NCC)N(C)CC1=O. The van der Waals surface area contributed by atoms with Crippen molar-refractivity contribution in [1.29, 1.82) is 0 Å². The minimum Gasteiger partial charge on any atom is -0.508 e. The number of nitrogens with zero attached hydrogens (tertiary/aromatic N) is 4. The normalized spacial score (nSPS) is 15.8. The van der Waals surface area contributed by atoms with Gasteiger partial charge in [0.2, 0.25) is 11.8 Å². The van der Waals surface area contributed by atoms with Gasteiger partial charge in [0.15, 0.2) is 0 Å². The van der Waals surface area contributed by atoms with Crippen LogP contribution in [-0.4, -0.2) is 89.2 Å². The first-order valence-corrected chi connectivity index (χ1v) is 10.4. The van der Waals surface area contributed by atoms with Crippen LogP contribution >= 0.6 is 0 Å². The summed E-state index contributed by atoms with van der Waals surface area (Å²) in [5.41, 5.74) is 0.825. The third-order valence-corrected chi connectivity index (χ3v) is 5.20. The Morgan fingerprint density at radius 1 is 1.23 bits per heavy atom. The molecule has 1 fully saturated rings. The van der Waals surface area contributed by atoms with Gasteiger partial charge in [-0.1, -0.05) is 25.5 Å². The fourth-order valence-corrected chi connectivity index (χ4v) is 3.38. The summed E-state index contributed by atoms with van der Waals surface area (Å²) in [5.74, 6) is -0.232. The molecule has 1 aliphatic rings. The Balaban J connectivity index is 2.30. The standard InChI is InChI=1S/C21H33N5O4/c1-5-7-12-23(3)20(29)18(13-16-8-10-17(27)11-9-16)25-15-26(21(30)22-6-2)24(4)14-19(25)28/h8-11,18,27H,5-7,12-15H2,1-4H3,(H,22,30). The van der Waals surface area contributed by atoms with Gasteiger partial charge in [0.25, 0.3) is 0 Å². The molecule has 0 saturated carbocycles. The van der Waals surface area contributed by atoms with E-state index in [4.69, 9.17) is 0 Å². The number of amides is 4. The Hall–Kier alpha value is -2.81. The molecule has 2 N–H and O–H groups in total. The number of aromatic hydroxyl groups is 1. The number of likely N-dealkylation sites (N-methyl/N-ethyl adjacent to an activating group) is 2. The van der Waals surface area contributed by atoms with Gasteiger partial charge in [-0.05, 0) is 31.0 Å². The van der Waals surface area contributed by atoms with E-state index in [1.807, 2.05) is 6.92 Å². The smallest absolute Gasteiger partial charge is 0.333 e. The zero-order valence-corrected chi connectivity index (χ0v) is 18.3. The van der Waals surface area contributed by atoms with Crippen LogP contribution in [0.3, 0.4) is 0 Å². The predicted molar refractivity (Wildman–Crippen MR) is 113 cm³/mol. The van der Waals surface area contributed by atoms with E-state index in [1.54, 1.807) is 48.3 Å². The number of unbranched alkanes of at least 4 members (excludes halogenated alkanes) is 1. The van der Waals surface area contributed by atoms with Crippen molar-refractivity contribution in [3.63, 3.8) is 0 Å². The average molecular weight is 420 g/mol. The van der Waals surface area contributed by atoms with Gasteiger partial charge < -0.3 is 20.2 Å². The number of urea groups is 1. The van der Waals surface area contributed by atoms with E-state index in [2.05, 4.69) is 12.2 Å². The molecule has 0 bridgehead atoms. The number of hydrazine groups is 1. The van der Waals surface area contributed by atoms with Crippen molar-refractivity contribution in [2.24, 2.45) is 0 Å². The number of phenols is 1. The Morgan fingerprint density at radius 2 is 1.90 bits per heavy atom. The highest BCUT2D eigenvalue weighted by Crippen LogP contribution is 2.19. The van der Waals surface area contributed by atoms with Crippen molar-refractivity contribution in [1.82, 2.24) is 25.1 Å². The molecule has 4 amide bonds. The van der Waals surface area contributed by atoms with Gasteiger partial charge in [0.1, 0.15) is 18.5 Å². The molecule has 1 atom stereocenters. The topological polar surface area (TPSA) is 96.4 Å². The Labute approximate surface area is 178 Å². The lowest BCUT2D eigenvalue weighted by Gasteiger charge is -2.44. The zero-order valence-electron chi connectivity index (χ0n) is 18.3. The van der Waals surface area contributed by atoms with Crippen LogP contribution in [0, 0.1) is 0 Å². The van der Waals surface area contributed by atoms with E-state index < -0.39 is 6.04 Å². The van der Waals surface area contributed by atoms with Gasteiger partial charge in [0, 0.05) is 33.6 Å². The molecule has 0 aliphatic carbocycles. The number of hydrogen-bond donors (Lipinski definition) is 2. The van der Waals surface area contributed by atoms with Crippen molar-refractivity contribution in [3.05, 3.63) is 29.8 Å². The van der Waals surface area contributed by atoms with Gasteiger partial charge >= 0.3 is 6.03 Å². The van der Waals surface area contributed by atoms with Crippen molar-refractivity contribution in [2.75, 3.05) is 40.4 Å². The summed E-state index contributed by atoms with van der Waals surface area (Å²) in [6.07, 6.45) is 2.13. The number of hydrogen-bond acceptors (Lipinski definition) is 5. The molecule has 1 aromatic carbocycles. The molecule has 0 aromatic heterocycles. The largest absolute Gasteiger partial charge is 0.508 e. The maximum absolute atomic E-state index is 13.3. The number of carbonyl (C=O) groups excluding carboxylic acids is 3. The van der Waals surface area contributed by atoms with E-state index in [-0.39, 0.29) is 36.8 Å². The summed E-state index contributed by atoms with van der Waals surface area (Å²) >= 11 is 0. The Kier molecular flexibility index (Phi) is 8.46. The summed E-state index contributed by atoms with van der Waals surface area (Å²) in [6.45, 7) is 4.95. The quantitative estimate of drug-likeness (QED) is 0.661. The molecule has 1 saturated heterocycles. The highest BCUT2D eigenvalue weighted by atomic mass is 16.3. The highest BCUT2D eigenvalue weighted by molar-refractivity contribution is 5.89. The monoisotopic (exact) mass is 419 g/mol. The molecule has 9 nitrogen and oxygen atoms in total. The molecule has 1 heterocycles. The van der Waals surface area contributed by atoms with Crippen molar-refractivity contribution < 1.29 is 19.5 Å². The summed E-state index contributed by atoms with van der Waals surface area (Å²) in [5, 5.41) is 15.3. The summed E-state index contributed by atoms with van der Waals surface area (Å²) < 4.78 is 0. The van der Waals surface area contributed by atoms with E-state index >= 15 is 0 Å². The van der Waals surface area contributed by atoms with Gasteiger partial charge in [-0.25, -0.2) is 14.8 Å². The molecule has 9 heteroatoms. The molecular formula is C21H33N5O4. The van der Waals surface area contributed by atoms with E-state index in [0.29, 0.717) is 19.5 Å². The highest BCUT2D eigenvalue weighted by Gasteiger charge is 2.38. The maximum atomic E-state index is 13.3. The van der Waals surface area contributed by atoms with Gasteiger partial charge in [-0.15, -0.1) is 0 Å². The Bertz CT molecular complexity index is 739. The maximum Gasteiger partial charge on any atom is 0.333 e. The minimum atomic E-state index is -0.741. The molecule has 30 heavy (non-hydrogen) atoms. The molecular weight excluding hydrogens is 386 g/mol. The van der Waals surface area contributed by atoms with Crippen molar-refractivity contribution >= 4 is 17.8 Å². The Morgan fingerprint density at radius 3 is 2.50 bits per heavy atom. The van der Waals surface area contributed by atoms with Crippen LogP contribution < -0.4 is 5.32 Å². The first-order valence-electron chi connectivity index (χ1n) is 10.4. The fraction of sp³-hybridized carbons (Fsp3) is 0.571. The van der Waals surface area contributed by atoms with Gasteiger partial charge in [-0.2, -0.15) is 0 Å². The number of carbonyl (C=O) groups is 3. The number of rotatable bonds is 8. The number of nitrogens with one attached hydrogen (secondary N) is 1. The lowest BCUT2D eigenvalue weighted by molar-refractivity contribution is -0.160. The third-order valence-electron chi connectivity index (χ3n) is 5.20. The molecule has 1 aromatic rings. The molecule has 166 valence electrons. The van der Waals surface area contributed by atoms with E-state index in [9.17, 15) is 19.5 Å². The average Bonchev–Trinajstić information content (AvgIpc) is 2.71. The van der Waals surface area contributed by atoms with E-state index in [1.165, 1.54) is 9.91 Å². The lowest BCUT2D eigenvalue weighted by atomic mass is 10.0. The van der Waals surface area contributed by atoms with E-state index in [0.717, 1.165) is 18.4 Å². The zero-order chi connectivity index (χ0) is 22.3. The number of benzene rings is 1. The van der Waals surface area contributed by atoms with Gasteiger partial charge in [0.05, 0.1) is 6.54 Å². The van der Waals surface area contributed by atoms with Crippen LogP contribution in [0.25, 0.3) is 0 Å². The lowest BCUT2D eigenvalue weighted by Crippen LogP contribution is -2.65. The van der Waals surface area contributed by atoms with Crippen LogP contribution in [0.2, 0.25) is 0 Å². The third kappa shape index (κ3) is 5.85. The van der Waals surface area contributed by atoms with Crippen LogP contribution in [0.15, 0.2) is 24.3 Å². The van der Waals surface area contributed by atoms with Crippen LogP contribution in [0.1, 0.15) is 32.3 Å². The minimum absolute atomic E-state index is 0.00270. The molecule has 2 rings (SSSR count). The number of phenolic OH excluding ortho intramolecular Hbond substituents is 1. The van der Waals surface area contributed by atoms with Gasteiger partial charge in [-0.3, -0.25) is 9.59 Å². The summed E-state index contributed by atoms with van der Waals surface area (Å²) in [7, 11) is 3.42. The van der Waals surface area contributed by atoms with Crippen LogP contribution in [0.5, 0.6) is 5.75 Å². The molecule has 0 radical (unpaired) electrons. The van der Waals surface area contributed by atoms with Crippen molar-refractivity contribution in [3.8, 4) is 5.75 Å². The second-order valence-corrected chi connectivity index (χ2v) is 7.56. The first kappa shape index (κ1) is 23.5. The van der Waals surface area contributed by atoms with Crippen LogP contribution in [0.4, 0.5) is 4.79 Å². The van der Waals surface area contributed by atoms with Crippen LogP contribution in [-0.2, 0) is 16.0 Å². The second kappa shape index (κ2) is 10.8. The second-order valence-electron chi connectivity index (χ2n) is 7.56. The summed E-state index contributed by atoms with van der Waals surface area (Å²) in [6, 6.07) is 5.55.